The Labute approximate surface area is 249 Å². The maximum atomic E-state index is 14.5. The number of hydrogen-bond acceptors (Lipinski definition) is 7. The highest BCUT2D eigenvalue weighted by molar-refractivity contribution is 7.26. The number of likely N-dealkylation sites (tertiary alicyclic amines) is 1. The Bertz CT molecular complexity index is 1400. The van der Waals surface area contributed by atoms with Gasteiger partial charge in [-0.2, -0.15) is 0 Å². The van der Waals surface area contributed by atoms with Gasteiger partial charge in [-0.1, -0.05) is 64.5 Å². The summed E-state index contributed by atoms with van der Waals surface area (Å²) in [5.41, 5.74) is 5.24. The van der Waals surface area contributed by atoms with E-state index in [0.717, 1.165) is 56.8 Å². The number of nitrogens with two attached hydrogens (primary N) is 1. The summed E-state index contributed by atoms with van der Waals surface area (Å²) in [6, 6.07) is 4.97. The van der Waals surface area contributed by atoms with Crippen molar-refractivity contribution in [2.75, 3.05) is 11.9 Å². The van der Waals surface area contributed by atoms with E-state index in [1.807, 2.05) is 18.2 Å². The van der Waals surface area contributed by atoms with Crippen LogP contribution in [0.25, 0.3) is 10.1 Å². The fourth-order valence-corrected chi connectivity index (χ4v) is 8.77. The second-order valence-electron chi connectivity index (χ2n) is 13.4. The van der Waals surface area contributed by atoms with E-state index in [-0.39, 0.29) is 35.0 Å². The van der Waals surface area contributed by atoms with Crippen LogP contribution >= 0.6 is 10.9 Å². The molecule has 1 saturated heterocycles. The van der Waals surface area contributed by atoms with Gasteiger partial charge in [-0.05, 0) is 58.8 Å². The second kappa shape index (κ2) is 11.2. The second-order valence-corrected chi connectivity index (χ2v) is 14.5. The van der Waals surface area contributed by atoms with E-state index in [2.05, 4.69) is 28.9 Å². The lowest BCUT2D eigenvalue weighted by Crippen LogP contribution is -2.58. The molecule has 2 heterocycles. The number of ketones is 1. The number of nitrogens with zero attached hydrogens (tertiary/aromatic N) is 2. The molecule has 226 valence electrons. The van der Waals surface area contributed by atoms with Gasteiger partial charge in [0.15, 0.2) is 5.82 Å². The molecule has 1 aliphatic heterocycles. The lowest BCUT2D eigenvalue weighted by Gasteiger charge is -2.37. The largest absolute Gasteiger partial charge is 0.568 e. The summed E-state index contributed by atoms with van der Waals surface area (Å²) in [6.07, 6.45) is 8.27. The van der Waals surface area contributed by atoms with E-state index in [9.17, 15) is 23.7 Å². The number of rotatable bonds is 10. The highest BCUT2D eigenvalue weighted by Gasteiger charge is 2.69. The average molecular weight is 596 g/mol. The number of fused-ring (bicyclic) bond motifs is 2. The zero-order valence-corrected chi connectivity index (χ0v) is 25.2. The number of aromatic nitrogens is 1. The fraction of sp³-hybridized carbons (Fsp3) is 0.645. The highest BCUT2D eigenvalue weighted by Crippen LogP contribution is 2.65. The minimum atomic E-state index is -1.54. The molecule has 3 amide bonds. The highest BCUT2D eigenvalue weighted by atomic mass is 32.2. The summed E-state index contributed by atoms with van der Waals surface area (Å²) in [6.45, 7) is 4.67. The molecule has 1 aromatic heterocycles. The zero-order chi connectivity index (χ0) is 29.8. The number of amides is 3. The summed E-state index contributed by atoms with van der Waals surface area (Å²) in [5.74, 6) is -1.52. The zero-order valence-electron chi connectivity index (χ0n) is 24.3. The third-order valence-electron chi connectivity index (χ3n) is 10.6. The minimum Gasteiger partial charge on any atom is -0.568 e. The number of Topliss-reactive ketones (excluding diaryl/α,β-unsaturated/α-hetero) is 1. The molecule has 6 rings (SSSR count). The molecule has 1 aromatic carbocycles. The number of carbonyl (C=O) groups excluding carboxylic acids is 4. The van der Waals surface area contributed by atoms with Crippen molar-refractivity contribution in [3.63, 3.8) is 0 Å². The van der Waals surface area contributed by atoms with Crippen LogP contribution in [0, 0.1) is 29.1 Å². The molecule has 0 bridgehead atoms. The first kappa shape index (κ1) is 29.0. The molecule has 3 aliphatic carbocycles. The molecule has 2 aromatic rings. The molecule has 10 nitrogen and oxygen atoms in total. The van der Waals surface area contributed by atoms with Gasteiger partial charge in [0, 0.05) is 12.6 Å². The third-order valence-corrected chi connectivity index (χ3v) is 11.7. The predicted octanol–water partition coefficient (Wildman–Crippen LogP) is 3.54. The Hall–Kier alpha value is -3.05. The van der Waals surface area contributed by atoms with E-state index in [4.69, 9.17) is 5.73 Å². The maximum absolute atomic E-state index is 14.5. The Kier molecular flexibility index (Phi) is 7.76. The van der Waals surface area contributed by atoms with Crippen LogP contribution < -0.4 is 16.4 Å². The van der Waals surface area contributed by atoms with E-state index in [1.54, 1.807) is 11.0 Å². The lowest BCUT2D eigenvalue weighted by atomic mass is 9.80. The van der Waals surface area contributed by atoms with Crippen molar-refractivity contribution < 1.29 is 23.7 Å². The molecule has 4 fully saturated rings. The number of benzene rings is 1. The Morgan fingerprint density at radius 1 is 1.10 bits per heavy atom. The SMILES string of the molecule is CC1(C)C2C(C(=O)NC(CC3CCC3)C(=O)C(N)=O)N(C(=O)[C@@H](Nc3n[s+]([O-])c4ccccc34)C3CCCCC3)C[C@@H]21. The van der Waals surface area contributed by atoms with Gasteiger partial charge >= 0.3 is 0 Å². The quantitative estimate of drug-likeness (QED) is 0.280. The van der Waals surface area contributed by atoms with Crippen molar-refractivity contribution in [1.82, 2.24) is 14.6 Å². The molecule has 4 aliphatic rings. The normalized spacial score (nSPS) is 27.1. The number of nitrogens with one attached hydrogen (secondary N) is 2. The number of primary amides is 1. The number of hydrogen-bond donors (Lipinski definition) is 3. The van der Waals surface area contributed by atoms with Crippen LogP contribution in [-0.4, -0.2) is 62.0 Å². The minimum absolute atomic E-state index is 0.0430. The molecule has 11 heteroatoms. The van der Waals surface area contributed by atoms with Crippen LogP contribution in [0.4, 0.5) is 5.82 Å². The van der Waals surface area contributed by atoms with Gasteiger partial charge in [0.2, 0.25) is 22.3 Å². The molecule has 3 saturated carbocycles. The summed E-state index contributed by atoms with van der Waals surface area (Å²) in [7, 11) is -1.54. The maximum Gasteiger partial charge on any atom is 0.287 e. The lowest BCUT2D eigenvalue weighted by molar-refractivity contribution is -0.144. The number of piperidine rings is 1. The van der Waals surface area contributed by atoms with Crippen LogP contribution in [0.15, 0.2) is 24.3 Å². The van der Waals surface area contributed by atoms with Gasteiger partial charge in [-0.15, -0.1) is 0 Å². The molecule has 42 heavy (non-hydrogen) atoms. The van der Waals surface area contributed by atoms with E-state index < -0.39 is 46.7 Å². The Balaban J connectivity index is 1.28. The number of anilines is 1. The molecule has 0 radical (unpaired) electrons. The molecular formula is C31H41N5O5S. The third kappa shape index (κ3) is 5.19. The first-order chi connectivity index (χ1) is 20.1. The Morgan fingerprint density at radius 2 is 1.81 bits per heavy atom. The topological polar surface area (TPSA) is 158 Å². The van der Waals surface area contributed by atoms with Crippen LogP contribution in [-0.2, 0) is 19.2 Å². The van der Waals surface area contributed by atoms with Crippen molar-refractivity contribution in [2.45, 2.75) is 89.8 Å². The molecule has 0 spiro atoms. The van der Waals surface area contributed by atoms with Crippen LogP contribution in [0.3, 0.4) is 0 Å². The first-order valence-electron chi connectivity index (χ1n) is 15.4. The van der Waals surface area contributed by atoms with E-state index >= 15 is 0 Å². The fourth-order valence-electron chi connectivity index (χ4n) is 7.81. The van der Waals surface area contributed by atoms with Crippen LogP contribution in [0.1, 0.15) is 71.6 Å². The van der Waals surface area contributed by atoms with Gasteiger partial charge in [0.25, 0.3) is 5.91 Å². The molecule has 4 N–H and O–H groups in total. The van der Waals surface area contributed by atoms with Crippen LogP contribution in [0.2, 0.25) is 0 Å². The summed E-state index contributed by atoms with van der Waals surface area (Å²) < 4.78 is 17.7. The van der Waals surface area contributed by atoms with E-state index in [0.29, 0.717) is 23.5 Å². The molecule has 4 unspecified atom stereocenters. The van der Waals surface area contributed by atoms with Crippen LogP contribution in [0.5, 0.6) is 0 Å². The van der Waals surface area contributed by atoms with E-state index in [1.165, 1.54) is 0 Å². The van der Waals surface area contributed by atoms with Gasteiger partial charge in [0.1, 0.15) is 12.1 Å². The van der Waals surface area contributed by atoms with Gasteiger partial charge < -0.3 is 25.8 Å². The van der Waals surface area contributed by atoms with Crippen molar-refractivity contribution in [1.29, 1.82) is 0 Å². The average Bonchev–Trinajstić information content (AvgIpc) is 3.25. The smallest absolute Gasteiger partial charge is 0.287 e. The summed E-state index contributed by atoms with van der Waals surface area (Å²) in [5, 5.41) is 6.98. The van der Waals surface area contributed by atoms with Gasteiger partial charge in [-0.25, -0.2) is 0 Å². The molecular weight excluding hydrogens is 554 g/mol. The van der Waals surface area contributed by atoms with Crippen molar-refractivity contribution in [2.24, 2.45) is 34.8 Å². The Morgan fingerprint density at radius 3 is 2.48 bits per heavy atom. The summed E-state index contributed by atoms with van der Waals surface area (Å²) >= 11 is 0. The predicted molar refractivity (Wildman–Crippen MR) is 159 cm³/mol. The van der Waals surface area contributed by atoms with Crippen molar-refractivity contribution >= 4 is 50.4 Å². The van der Waals surface area contributed by atoms with Gasteiger partial charge in [-0.3, -0.25) is 19.2 Å². The van der Waals surface area contributed by atoms with Crippen molar-refractivity contribution in [3.8, 4) is 0 Å². The van der Waals surface area contributed by atoms with Crippen molar-refractivity contribution in [3.05, 3.63) is 24.3 Å². The molecule has 6 atom stereocenters. The first-order valence-corrected chi connectivity index (χ1v) is 16.5. The summed E-state index contributed by atoms with van der Waals surface area (Å²) in [4.78, 5) is 54.7. The standard InChI is InChI=1S/C31H41N5O5S/c1-31(2)20-16-36(25(23(20)31)29(39)33-21(26(37)27(32)38)15-17-9-8-10-17)30(40)24(18-11-4-3-5-12-18)34-28-19-13-6-7-14-22(19)42(41)35-28/h6-7,13-14,17-18,20-21,23-25H,3-5,8-12,15-16H2,1-2H3,(H2,32,38)(H,33,39)(H,34,35)/t20-,21?,23?,24-,25?,42?/m0/s1. The monoisotopic (exact) mass is 595 g/mol. The number of carbonyl (C=O) groups is 4. The van der Waals surface area contributed by atoms with Gasteiger partial charge in [0.05, 0.1) is 22.4 Å².